The Kier molecular flexibility index (Phi) is 2.91. The van der Waals surface area contributed by atoms with Crippen LogP contribution < -0.4 is 5.32 Å². The molecule has 1 aliphatic carbocycles. The van der Waals surface area contributed by atoms with Crippen LogP contribution >= 0.6 is 0 Å². The Hall–Kier alpha value is -0.370. The van der Waals surface area contributed by atoms with Crippen LogP contribution in [-0.2, 0) is 4.79 Å². The summed E-state index contributed by atoms with van der Waals surface area (Å²) in [6.45, 7) is 3.14. The zero-order chi connectivity index (χ0) is 10.0. The van der Waals surface area contributed by atoms with Crippen molar-refractivity contribution in [2.75, 3.05) is 6.54 Å². The van der Waals surface area contributed by atoms with Crippen molar-refractivity contribution in [3.8, 4) is 0 Å². The van der Waals surface area contributed by atoms with E-state index < -0.39 is 0 Å². The third-order valence-corrected chi connectivity index (χ3v) is 4.00. The molecule has 0 radical (unpaired) electrons. The molecule has 80 valence electrons. The van der Waals surface area contributed by atoms with Crippen LogP contribution in [0.3, 0.4) is 0 Å². The van der Waals surface area contributed by atoms with Crippen LogP contribution in [0.15, 0.2) is 0 Å². The van der Waals surface area contributed by atoms with Crippen LogP contribution in [0.2, 0.25) is 0 Å². The average Bonchev–Trinajstić information content (AvgIpc) is 2.19. The van der Waals surface area contributed by atoms with Crippen molar-refractivity contribution in [1.29, 1.82) is 0 Å². The van der Waals surface area contributed by atoms with Gasteiger partial charge >= 0.3 is 0 Å². The van der Waals surface area contributed by atoms with E-state index in [9.17, 15) is 4.79 Å². The monoisotopic (exact) mass is 195 g/mol. The van der Waals surface area contributed by atoms with E-state index in [-0.39, 0.29) is 5.54 Å². The first-order chi connectivity index (χ1) is 6.71. The summed E-state index contributed by atoms with van der Waals surface area (Å²) in [6, 6.07) is 0. The van der Waals surface area contributed by atoms with Crippen LogP contribution in [-0.4, -0.2) is 17.9 Å². The molecule has 0 spiro atoms. The van der Waals surface area contributed by atoms with E-state index in [1.807, 2.05) is 0 Å². The fourth-order valence-electron chi connectivity index (χ4n) is 3.08. The molecule has 1 heterocycles. The predicted molar refractivity (Wildman–Crippen MR) is 57.2 cm³/mol. The summed E-state index contributed by atoms with van der Waals surface area (Å²) < 4.78 is 0. The number of piperidine rings is 1. The number of hydrogen-bond donors (Lipinski definition) is 1. The number of Topliss-reactive ketones (excluding diaryl/α,β-unsaturated/α-hetero) is 1. The average molecular weight is 195 g/mol. The van der Waals surface area contributed by atoms with Gasteiger partial charge in [-0.3, -0.25) is 4.79 Å². The third-order valence-electron chi connectivity index (χ3n) is 4.00. The second kappa shape index (κ2) is 4.01. The predicted octanol–water partition coefficient (Wildman–Crippen LogP) is 2.28. The number of ketones is 1. The first-order valence-electron chi connectivity index (χ1n) is 5.97. The molecule has 0 bridgehead atoms. The quantitative estimate of drug-likeness (QED) is 0.695. The van der Waals surface area contributed by atoms with Gasteiger partial charge in [-0.25, -0.2) is 0 Å². The molecule has 2 fully saturated rings. The molecule has 0 aromatic carbocycles. The van der Waals surface area contributed by atoms with E-state index in [0.717, 1.165) is 25.3 Å². The van der Waals surface area contributed by atoms with Crippen molar-refractivity contribution in [3.05, 3.63) is 0 Å². The maximum Gasteiger partial charge on any atom is 0.136 e. The van der Waals surface area contributed by atoms with Crippen LogP contribution in [0.1, 0.15) is 51.9 Å². The number of hydrogen-bond acceptors (Lipinski definition) is 2. The molecular formula is C12H21NO. The zero-order valence-electron chi connectivity index (χ0n) is 9.14. The molecule has 0 aromatic heterocycles. The molecular weight excluding hydrogens is 174 g/mol. The summed E-state index contributed by atoms with van der Waals surface area (Å²) >= 11 is 0. The van der Waals surface area contributed by atoms with E-state index in [1.165, 1.54) is 32.1 Å². The minimum Gasteiger partial charge on any atom is -0.310 e. The summed E-state index contributed by atoms with van der Waals surface area (Å²) in [5, 5.41) is 3.57. The van der Waals surface area contributed by atoms with Gasteiger partial charge in [-0.2, -0.15) is 0 Å². The van der Waals surface area contributed by atoms with Gasteiger partial charge in [0.05, 0.1) is 0 Å². The molecule has 1 atom stereocenters. The van der Waals surface area contributed by atoms with Crippen molar-refractivity contribution >= 4 is 5.78 Å². The van der Waals surface area contributed by atoms with Gasteiger partial charge in [0, 0.05) is 24.9 Å². The van der Waals surface area contributed by atoms with Crippen molar-refractivity contribution in [1.82, 2.24) is 5.32 Å². The molecule has 1 unspecified atom stereocenters. The van der Waals surface area contributed by atoms with E-state index in [4.69, 9.17) is 0 Å². The van der Waals surface area contributed by atoms with Gasteiger partial charge in [0.1, 0.15) is 5.78 Å². The third kappa shape index (κ3) is 2.00. The number of carbonyl (C=O) groups excluding carboxylic acids is 1. The smallest absolute Gasteiger partial charge is 0.136 e. The fraction of sp³-hybridized carbons (Fsp3) is 0.917. The molecule has 2 aliphatic rings. The van der Waals surface area contributed by atoms with Crippen LogP contribution in [0.5, 0.6) is 0 Å². The van der Waals surface area contributed by atoms with E-state index >= 15 is 0 Å². The van der Waals surface area contributed by atoms with Gasteiger partial charge in [-0.15, -0.1) is 0 Å². The topological polar surface area (TPSA) is 29.1 Å². The van der Waals surface area contributed by atoms with Crippen molar-refractivity contribution in [2.45, 2.75) is 57.4 Å². The second-order valence-corrected chi connectivity index (χ2v) is 5.14. The minimum absolute atomic E-state index is 0.121. The van der Waals surface area contributed by atoms with Gasteiger partial charge in [0.25, 0.3) is 0 Å². The Bertz CT molecular complexity index is 220. The number of rotatable bonds is 1. The molecule has 2 heteroatoms. The second-order valence-electron chi connectivity index (χ2n) is 5.14. The first-order valence-corrected chi connectivity index (χ1v) is 5.97. The highest BCUT2D eigenvalue weighted by Crippen LogP contribution is 2.36. The van der Waals surface area contributed by atoms with Gasteiger partial charge in [0.15, 0.2) is 0 Å². The Morgan fingerprint density at radius 1 is 1.29 bits per heavy atom. The summed E-state index contributed by atoms with van der Waals surface area (Å²) in [7, 11) is 0. The van der Waals surface area contributed by atoms with Crippen LogP contribution in [0.25, 0.3) is 0 Å². The maximum atomic E-state index is 11.5. The molecule has 0 amide bonds. The van der Waals surface area contributed by atoms with E-state index in [0.29, 0.717) is 5.78 Å². The summed E-state index contributed by atoms with van der Waals surface area (Å²) in [4.78, 5) is 11.5. The molecule has 0 aromatic rings. The van der Waals surface area contributed by atoms with Crippen molar-refractivity contribution in [3.63, 3.8) is 0 Å². The SMILES string of the molecule is CC1(C2CCCCC2)CC(=O)CCN1. The van der Waals surface area contributed by atoms with Gasteiger partial charge < -0.3 is 5.32 Å². The highest BCUT2D eigenvalue weighted by atomic mass is 16.1. The molecule has 2 rings (SSSR count). The van der Waals surface area contributed by atoms with Gasteiger partial charge in [-0.1, -0.05) is 19.3 Å². The van der Waals surface area contributed by atoms with Crippen LogP contribution in [0, 0.1) is 5.92 Å². The number of nitrogens with one attached hydrogen (secondary N) is 1. The lowest BCUT2D eigenvalue weighted by molar-refractivity contribution is -0.122. The van der Waals surface area contributed by atoms with E-state index in [2.05, 4.69) is 12.2 Å². The largest absolute Gasteiger partial charge is 0.310 e. The fourth-order valence-corrected chi connectivity index (χ4v) is 3.08. The van der Waals surface area contributed by atoms with Crippen molar-refractivity contribution in [2.24, 2.45) is 5.92 Å². The van der Waals surface area contributed by atoms with Gasteiger partial charge in [-0.05, 0) is 25.7 Å². The molecule has 1 N–H and O–H groups in total. The van der Waals surface area contributed by atoms with Gasteiger partial charge in [0.2, 0.25) is 0 Å². The highest BCUT2D eigenvalue weighted by Gasteiger charge is 2.38. The maximum absolute atomic E-state index is 11.5. The molecule has 1 saturated heterocycles. The lowest BCUT2D eigenvalue weighted by Gasteiger charge is -2.43. The van der Waals surface area contributed by atoms with Crippen LogP contribution in [0.4, 0.5) is 0 Å². The van der Waals surface area contributed by atoms with E-state index in [1.54, 1.807) is 0 Å². The lowest BCUT2D eigenvalue weighted by Crippen LogP contribution is -2.54. The highest BCUT2D eigenvalue weighted by molar-refractivity contribution is 5.80. The summed E-state index contributed by atoms with van der Waals surface area (Å²) in [6.07, 6.45) is 8.24. The summed E-state index contributed by atoms with van der Waals surface area (Å²) in [5.74, 6) is 1.19. The summed E-state index contributed by atoms with van der Waals surface area (Å²) in [5.41, 5.74) is 0.121. The Morgan fingerprint density at radius 3 is 2.64 bits per heavy atom. The molecule has 14 heavy (non-hydrogen) atoms. The Balaban J connectivity index is 2.01. The van der Waals surface area contributed by atoms with Crippen molar-refractivity contribution < 1.29 is 4.79 Å². The normalized spacial score (nSPS) is 35.9. The molecule has 1 aliphatic heterocycles. The standard InChI is InChI=1S/C12H21NO/c1-12(9-11(14)7-8-13-12)10-5-3-2-4-6-10/h10,13H,2-9H2,1H3. The number of carbonyl (C=O) groups is 1. The Labute approximate surface area is 86.5 Å². The molecule has 2 nitrogen and oxygen atoms in total. The minimum atomic E-state index is 0.121. The Morgan fingerprint density at radius 2 is 2.00 bits per heavy atom. The molecule has 1 saturated carbocycles. The first kappa shape index (κ1) is 10.2. The zero-order valence-corrected chi connectivity index (χ0v) is 9.14. The lowest BCUT2D eigenvalue weighted by atomic mass is 9.72.